The van der Waals surface area contributed by atoms with Gasteiger partial charge >= 0.3 is 6.03 Å². The highest BCUT2D eigenvalue weighted by Crippen LogP contribution is 2.44. The topological polar surface area (TPSA) is 87.8 Å². The highest BCUT2D eigenvalue weighted by Gasteiger charge is 2.33. The second kappa shape index (κ2) is 4.84. The first-order chi connectivity index (χ1) is 9.72. The summed E-state index contributed by atoms with van der Waals surface area (Å²) in [6, 6.07) is 13.0. The van der Waals surface area contributed by atoms with Gasteiger partial charge in [-0.1, -0.05) is 36.4 Å². The van der Waals surface area contributed by atoms with Gasteiger partial charge < -0.3 is 4.74 Å². The molecule has 0 spiro atoms. The molecule has 0 unspecified atom stereocenters. The Labute approximate surface area is 115 Å². The number of rotatable bonds is 1. The van der Waals surface area contributed by atoms with Gasteiger partial charge in [-0.3, -0.25) is 10.6 Å². The largest absolute Gasteiger partial charge is 0.457 e. The molecule has 0 fully saturated rings. The molecule has 4 N–H and O–H groups in total. The Bertz CT molecular complexity index is 614. The number of ether oxygens (including phenoxy) is 1. The number of hydrazine groups is 1. The van der Waals surface area contributed by atoms with Crippen molar-refractivity contribution in [3.05, 3.63) is 59.7 Å². The fourth-order valence-electron chi connectivity index (χ4n) is 2.33. The van der Waals surface area contributed by atoms with Crippen LogP contribution in [0.1, 0.15) is 17.2 Å². The Hall–Kier alpha value is -2.57. The van der Waals surface area contributed by atoms with Crippen molar-refractivity contribution < 1.29 is 14.7 Å². The Kier molecular flexibility index (Phi) is 3.02. The number of carbonyl (C=O) groups is 1. The van der Waals surface area contributed by atoms with Crippen molar-refractivity contribution in [1.29, 1.82) is 0 Å². The molecule has 0 atom stereocenters. The zero-order valence-corrected chi connectivity index (χ0v) is 10.5. The van der Waals surface area contributed by atoms with Crippen molar-refractivity contribution in [1.82, 2.24) is 10.5 Å². The lowest BCUT2D eigenvalue weighted by Gasteiger charge is -2.32. The van der Waals surface area contributed by atoms with Gasteiger partial charge in [0.25, 0.3) is 0 Å². The highest BCUT2D eigenvalue weighted by atomic mass is 16.5. The number of benzene rings is 2. The van der Waals surface area contributed by atoms with Gasteiger partial charge in [0, 0.05) is 11.1 Å². The van der Waals surface area contributed by atoms with E-state index in [0.717, 1.165) is 0 Å². The van der Waals surface area contributed by atoms with Crippen LogP contribution < -0.4 is 16.0 Å². The molecular formula is C14H13N3O3. The molecule has 6 heteroatoms. The molecule has 20 heavy (non-hydrogen) atoms. The number of nitrogens with one attached hydrogen (secondary N) is 1. The van der Waals surface area contributed by atoms with E-state index in [2.05, 4.69) is 0 Å². The lowest BCUT2D eigenvalue weighted by atomic mass is 9.94. The summed E-state index contributed by atoms with van der Waals surface area (Å²) < 4.78 is 5.77. The molecule has 0 saturated heterocycles. The first-order valence-corrected chi connectivity index (χ1v) is 6.06. The minimum Gasteiger partial charge on any atom is -0.457 e. The van der Waals surface area contributed by atoms with Crippen molar-refractivity contribution in [2.24, 2.45) is 5.84 Å². The first-order valence-electron chi connectivity index (χ1n) is 6.06. The van der Waals surface area contributed by atoms with E-state index in [0.29, 0.717) is 27.7 Å². The van der Waals surface area contributed by atoms with E-state index < -0.39 is 12.1 Å². The Balaban J connectivity index is 2.15. The van der Waals surface area contributed by atoms with Crippen LogP contribution in [0.3, 0.4) is 0 Å². The number of para-hydroxylation sites is 2. The summed E-state index contributed by atoms with van der Waals surface area (Å²) in [7, 11) is 0. The second-order valence-corrected chi connectivity index (χ2v) is 4.37. The van der Waals surface area contributed by atoms with E-state index in [1.807, 2.05) is 29.7 Å². The second-order valence-electron chi connectivity index (χ2n) is 4.37. The summed E-state index contributed by atoms with van der Waals surface area (Å²) >= 11 is 0. The third-order valence-corrected chi connectivity index (χ3v) is 3.22. The minimum absolute atomic E-state index is 0.570. The minimum atomic E-state index is -0.790. The smallest absolute Gasteiger partial charge is 0.356 e. The number of hydrogen-bond donors (Lipinski definition) is 3. The van der Waals surface area contributed by atoms with Crippen LogP contribution in [0.15, 0.2) is 48.5 Å². The van der Waals surface area contributed by atoms with Gasteiger partial charge in [-0.15, -0.1) is 0 Å². The quantitative estimate of drug-likeness (QED) is 0.321. The number of fused-ring (bicyclic) bond motifs is 2. The number of amides is 2. The molecule has 0 aromatic heterocycles. The summed E-state index contributed by atoms with van der Waals surface area (Å²) in [5.41, 5.74) is 3.30. The van der Waals surface area contributed by atoms with Gasteiger partial charge in [0.1, 0.15) is 17.5 Å². The fraction of sp³-hybridized carbons (Fsp3) is 0.0714. The van der Waals surface area contributed by atoms with E-state index in [4.69, 9.17) is 10.6 Å². The lowest BCUT2D eigenvalue weighted by molar-refractivity contribution is -0.0699. The van der Waals surface area contributed by atoms with Crippen LogP contribution in [0.4, 0.5) is 4.79 Å². The van der Waals surface area contributed by atoms with Gasteiger partial charge in [-0.2, -0.15) is 5.06 Å². The number of nitrogens with zero attached hydrogens (tertiary/aromatic N) is 1. The predicted octanol–water partition coefficient (Wildman–Crippen LogP) is 2.16. The van der Waals surface area contributed by atoms with Crippen molar-refractivity contribution in [2.75, 3.05) is 0 Å². The first kappa shape index (κ1) is 12.5. The maximum absolute atomic E-state index is 11.6. The van der Waals surface area contributed by atoms with E-state index >= 15 is 0 Å². The van der Waals surface area contributed by atoms with Crippen molar-refractivity contribution in [3.8, 4) is 11.5 Å². The number of hydroxylamine groups is 2. The molecule has 1 aliphatic rings. The van der Waals surface area contributed by atoms with Crippen LogP contribution in [-0.2, 0) is 0 Å². The molecule has 2 amide bonds. The van der Waals surface area contributed by atoms with Crippen molar-refractivity contribution in [2.45, 2.75) is 6.04 Å². The molecule has 3 rings (SSSR count). The van der Waals surface area contributed by atoms with Gasteiger partial charge in [0.2, 0.25) is 0 Å². The van der Waals surface area contributed by atoms with Gasteiger partial charge in [-0.25, -0.2) is 10.6 Å². The number of hydrogen-bond acceptors (Lipinski definition) is 4. The van der Waals surface area contributed by atoms with Crippen LogP contribution >= 0.6 is 0 Å². The molecular weight excluding hydrogens is 258 g/mol. The Morgan fingerprint density at radius 2 is 1.60 bits per heavy atom. The number of nitrogens with two attached hydrogens (primary N) is 1. The van der Waals surface area contributed by atoms with Crippen molar-refractivity contribution >= 4 is 6.03 Å². The third-order valence-electron chi connectivity index (χ3n) is 3.22. The van der Waals surface area contributed by atoms with E-state index in [9.17, 15) is 10.0 Å². The van der Waals surface area contributed by atoms with Crippen molar-refractivity contribution in [3.63, 3.8) is 0 Å². The molecule has 2 aromatic rings. The van der Waals surface area contributed by atoms with Crippen LogP contribution in [0.25, 0.3) is 0 Å². The standard InChI is InChI=1S/C14H13N3O3/c15-16-14(18)17(19)13-9-5-1-3-7-11(9)20-12-8-4-2-6-10(12)13/h1-8,13,19H,15H2,(H,16,18). The summed E-state index contributed by atoms with van der Waals surface area (Å²) in [5.74, 6) is 6.28. The maximum Gasteiger partial charge on any atom is 0.356 e. The normalized spacial score (nSPS) is 12.9. The summed E-state index contributed by atoms with van der Waals surface area (Å²) in [4.78, 5) is 11.6. The average molecular weight is 271 g/mol. The molecule has 0 saturated carbocycles. The van der Waals surface area contributed by atoms with Crippen LogP contribution in [0.2, 0.25) is 0 Å². The molecule has 102 valence electrons. The third kappa shape index (κ3) is 1.87. The van der Waals surface area contributed by atoms with E-state index in [-0.39, 0.29) is 0 Å². The zero-order chi connectivity index (χ0) is 14.1. The van der Waals surface area contributed by atoms with E-state index in [1.54, 1.807) is 24.3 Å². The maximum atomic E-state index is 11.6. The monoisotopic (exact) mass is 271 g/mol. The fourth-order valence-corrected chi connectivity index (χ4v) is 2.33. The zero-order valence-electron chi connectivity index (χ0n) is 10.5. The SMILES string of the molecule is NNC(=O)N(O)C1c2ccccc2Oc2ccccc21. The molecule has 1 aliphatic heterocycles. The summed E-state index contributed by atoms with van der Waals surface area (Å²) in [5, 5.41) is 10.7. The molecule has 6 nitrogen and oxygen atoms in total. The molecule has 1 heterocycles. The highest BCUT2D eigenvalue weighted by molar-refractivity contribution is 5.74. The number of urea groups is 1. The summed E-state index contributed by atoms with van der Waals surface area (Å²) in [6.07, 6.45) is 0. The molecule has 2 aromatic carbocycles. The predicted molar refractivity (Wildman–Crippen MR) is 71.1 cm³/mol. The Morgan fingerprint density at radius 1 is 1.10 bits per heavy atom. The van der Waals surface area contributed by atoms with E-state index in [1.165, 1.54) is 0 Å². The summed E-state index contributed by atoms with van der Waals surface area (Å²) in [6.45, 7) is 0. The molecule has 0 radical (unpaired) electrons. The number of carbonyl (C=O) groups excluding carboxylic acids is 1. The molecule has 0 bridgehead atoms. The molecule has 0 aliphatic carbocycles. The van der Waals surface area contributed by atoms with Gasteiger partial charge in [0.15, 0.2) is 0 Å². The van der Waals surface area contributed by atoms with Gasteiger partial charge in [0.05, 0.1) is 0 Å². The Morgan fingerprint density at radius 3 is 2.10 bits per heavy atom. The lowest BCUT2D eigenvalue weighted by Crippen LogP contribution is -2.44. The average Bonchev–Trinajstić information content (AvgIpc) is 2.51. The van der Waals surface area contributed by atoms with Crippen LogP contribution in [0.5, 0.6) is 11.5 Å². The van der Waals surface area contributed by atoms with Gasteiger partial charge in [-0.05, 0) is 12.1 Å². The van der Waals surface area contributed by atoms with Crippen LogP contribution in [-0.4, -0.2) is 16.3 Å². The van der Waals surface area contributed by atoms with Crippen LogP contribution in [0, 0.1) is 0 Å².